The molecule has 0 unspecified atom stereocenters. The number of aryl methyl sites for hydroxylation is 1. The predicted molar refractivity (Wildman–Crippen MR) is 81.8 cm³/mol. The van der Waals surface area contributed by atoms with E-state index < -0.39 is 10.0 Å². The summed E-state index contributed by atoms with van der Waals surface area (Å²) >= 11 is 7.74. The first kappa shape index (κ1) is 15.2. The highest BCUT2D eigenvalue weighted by molar-refractivity contribution is 9.11. The van der Waals surface area contributed by atoms with E-state index in [1.807, 2.05) is 6.92 Å². The van der Waals surface area contributed by atoms with Crippen LogP contribution in [0.15, 0.2) is 35.3 Å². The minimum atomic E-state index is -3.48. The summed E-state index contributed by atoms with van der Waals surface area (Å²) < 4.78 is 33.1. The van der Waals surface area contributed by atoms with Gasteiger partial charge in [-0.2, -0.15) is 4.31 Å². The van der Waals surface area contributed by atoms with E-state index in [9.17, 15) is 8.42 Å². The Morgan fingerprint density at radius 2 is 2.05 bits per heavy atom. The van der Waals surface area contributed by atoms with E-state index in [2.05, 4.69) is 31.9 Å². The monoisotopic (exact) mass is 427 g/mol. The summed E-state index contributed by atoms with van der Waals surface area (Å²) in [6.07, 6.45) is 0. The van der Waals surface area contributed by atoms with Gasteiger partial charge in [0.1, 0.15) is 9.97 Å². The topological polar surface area (TPSA) is 50.5 Å². The third-order valence-corrected chi connectivity index (χ3v) is 7.32. The number of halogens is 2. The molecule has 104 valence electrons. The van der Waals surface area contributed by atoms with Crippen molar-refractivity contribution in [3.8, 4) is 0 Å². The molecule has 0 saturated carbocycles. The van der Waals surface area contributed by atoms with Crippen LogP contribution in [0.2, 0.25) is 0 Å². The van der Waals surface area contributed by atoms with Gasteiger partial charge in [0.2, 0.25) is 0 Å². The molecule has 0 radical (unpaired) electrons. The normalized spacial score (nSPS) is 12.3. The lowest BCUT2D eigenvalue weighted by molar-refractivity contribution is 0.399. The number of nitrogens with zero attached hydrogens (tertiary/aromatic N) is 1. The lowest BCUT2D eigenvalue weighted by atomic mass is 10.4. The summed E-state index contributed by atoms with van der Waals surface area (Å²) in [6.45, 7) is 2.06. The average Bonchev–Trinajstić information content (AvgIpc) is 2.87. The highest BCUT2D eigenvalue weighted by atomic mass is 79.9. The predicted octanol–water partition coefficient (Wildman–Crippen LogP) is 4.00. The van der Waals surface area contributed by atoms with Gasteiger partial charge in [0.05, 0.1) is 10.3 Å². The fourth-order valence-electron chi connectivity index (χ4n) is 1.45. The molecule has 0 aliphatic heterocycles. The van der Waals surface area contributed by atoms with Crippen LogP contribution in [0.25, 0.3) is 0 Å². The molecule has 0 bridgehead atoms. The minimum Gasteiger partial charge on any atom is -0.453 e. The van der Waals surface area contributed by atoms with Crippen LogP contribution in [0, 0.1) is 6.92 Å². The Morgan fingerprint density at radius 1 is 1.37 bits per heavy atom. The van der Waals surface area contributed by atoms with Crippen molar-refractivity contribution >= 4 is 53.2 Å². The molecule has 0 atom stereocenters. The van der Waals surface area contributed by atoms with E-state index in [4.69, 9.17) is 4.42 Å². The number of sulfonamides is 1. The van der Waals surface area contributed by atoms with Crippen LogP contribution in [0.5, 0.6) is 0 Å². The Bertz CT molecular complexity index is 671. The molecular weight excluding hydrogens is 418 g/mol. The summed E-state index contributed by atoms with van der Waals surface area (Å²) in [5.41, 5.74) is 0.915. The second-order valence-corrected chi connectivity index (χ2v) is 9.41. The Balaban J connectivity index is 2.24. The van der Waals surface area contributed by atoms with Gasteiger partial charge in [-0.3, -0.25) is 0 Å². The molecule has 4 nitrogen and oxygen atoms in total. The Hall–Kier alpha value is -0.150. The quantitative estimate of drug-likeness (QED) is 0.739. The van der Waals surface area contributed by atoms with E-state index in [0.717, 1.165) is 9.35 Å². The molecule has 2 aromatic rings. The van der Waals surface area contributed by atoms with Gasteiger partial charge in [0, 0.05) is 7.05 Å². The molecule has 0 fully saturated rings. The third kappa shape index (κ3) is 3.30. The van der Waals surface area contributed by atoms with Crippen LogP contribution in [0.4, 0.5) is 0 Å². The summed E-state index contributed by atoms with van der Waals surface area (Å²) in [5.74, 6) is 0.588. The van der Waals surface area contributed by atoms with Crippen LogP contribution >= 0.6 is 43.2 Å². The highest BCUT2D eigenvalue weighted by Gasteiger charge is 2.24. The molecule has 2 heterocycles. The van der Waals surface area contributed by atoms with Crippen LogP contribution in [0.3, 0.4) is 0 Å². The van der Waals surface area contributed by atoms with E-state index >= 15 is 0 Å². The molecule has 0 aliphatic carbocycles. The number of hydrogen-bond donors (Lipinski definition) is 0. The SMILES string of the molecule is Cc1cc(S(=O)(=O)N(C)Cc2ccc(Br)o2)sc1Br. The maximum absolute atomic E-state index is 12.4. The van der Waals surface area contributed by atoms with Crippen LogP contribution < -0.4 is 0 Å². The van der Waals surface area contributed by atoms with Crippen molar-refractivity contribution in [2.24, 2.45) is 0 Å². The van der Waals surface area contributed by atoms with Crippen molar-refractivity contribution in [1.82, 2.24) is 4.31 Å². The average molecular weight is 429 g/mol. The molecule has 0 aromatic carbocycles. The lowest BCUT2D eigenvalue weighted by Crippen LogP contribution is -2.25. The van der Waals surface area contributed by atoms with Gasteiger partial charge in [-0.15, -0.1) is 11.3 Å². The Morgan fingerprint density at radius 3 is 2.53 bits per heavy atom. The standard InChI is InChI=1S/C11H11Br2NO3S2/c1-7-5-10(18-11(7)13)19(15,16)14(2)6-8-3-4-9(12)17-8/h3-5H,6H2,1-2H3. The fourth-order valence-corrected chi connectivity index (χ4v) is 5.37. The summed E-state index contributed by atoms with van der Waals surface area (Å²) in [5, 5.41) is 0. The smallest absolute Gasteiger partial charge is 0.252 e. The molecule has 0 amide bonds. The van der Waals surface area contributed by atoms with Gasteiger partial charge in [-0.25, -0.2) is 8.42 Å². The van der Waals surface area contributed by atoms with Gasteiger partial charge in [0.15, 0.2) is 4.67 Å². The largest absolute Gasteiger partial charge is 0.453 e. The first-order chi connectivity index (χ1) is 8.80. The van der Waals surface area contributed by atoms with Crippen molar-refractivity contribution in [2.45, 2.75) is 17.7 Å². The zero-order valence-corrected chi connectivity index (χ0v) is 15.0. The highest BCUT2D eigenvalue weighted by Crippen LogP contribution is 2.32. The van der Waals surface area contributed by atoms with E-state index in [1.54, 1.807) is 18.2 Å². The molecule has 19 heavy (non-hydrogen) atoms. The maximum Gasteiger partial charge on any atom is 0.252 e. The van der Waals surface area contributed by atoms with Crippen molar-refractivity contribution < 1.29 is 12.8 Å². The molecule has 0 saturated heterocycles. The molecule has 2 aromatic heterocycles. The van der Waals surface area contributed by atoms with Crippen molar-refractivity contribution in [2.75, 3.05) is 7.05 Å². The van der Waals surface area contributed by atoms with Gasteiger partial charge < -0.3 is 4.42 Å². The molecule has 0 aliphatic rings. The van der Waals surface area contributed by atoms with Gasteiger partial charge in [0.25, 0.3) is 10.0 Å². The second kappa shape index (κ2) is 5.69. The first-order valence-corrected chi connectivity index (χ1v) is 9.11. The Kier molecular flexibility index (Phi) is 4.56. The molecule has 0 N–H and O–H groups in total. The second-order valence-electron chi connectivity index (χ2n) is 3.99. The van der Waals surface area contributed by atoms with Crippen molar-refractivity contribution in [1.29, 1.82) is 0 Å². The summed E-state index contributed by atoms with van der Waals surface area (Å²) in [4.78, 5) is 0. The zero-order valence-electron chi connectivity index (χ0n) is 10.2. The summed E-state index contributed by atoms with van der Waals surface area (Å²) in [6, 6.07) is 5.14. The van der Waals surface area contributed by atoms with Crippen LogP contribution in [-0.2, 0) is 16.6 Å². The number of rotatable bonds is 4. The maximum atomic E-state index is 12.4. The lowest BCUT2D eigenvalue weighted by Gasteiger charge is -2.14. The number of furan rings is 1. The van der Waals surface area contributed by atoms with E-state index in [0.29, 0.717) is 14.6 Å². The van der Waals surface area contributed by atoms with Crippen LogP contribution in [0.1, 0.15) is 11.3 Å². The third-order valence-electron chi connectivity index (χ3n) is 2.51. The van der Waals surface area contributed by atoms with Crippen molar-refractivity contribution in [3.63, 3.8) is 0 Å². The molecular formula is C11H11Br2NO3S2. The Labute approximate surface area is 132 Å². The molecule has 8 heteroatoms. The van der Waals surface area contributed by atoms with Gasteiger partial charge >= 0.3 is 0 Å². The summed E-state index contributed by atoms with van der Waals surface area (Å²) in [7, 11) is -1.95. The fraction of sp³-hybridized carbons (Fsp3) is 0.273. The van der Waals surface area contributed by atoms with Gasteiger partial charge in [-0.1, -0.05) is 0 Å². The minimum absolute atomic E-state index is 0.197. The van der Waals surface area contributed by atoms with E-state index in [1.165, 1.54) is 22.7 Å². The van der Waals surface area contributed by atoms with Crippen molar-refractivity contribution in [3.05, 3.63) is 38.0 Å². The van der Waals surface area contributed by atoms with Crippen LogP contribution in [-0.4, -0.2) is 19.8 Å². The number of thiophene rings is 1. The zero-order chi connectivity index (χ0) is 14.2. The molecule has 2 rings (SSSR count). The van der Waals surface area contributed by atoms with E-state index in [-0.39, 0.29) is 6.54 Å². The number of hydrogen-bond acceptors (Lipinski definition) is 4. The van der Waals surface area contributed by atoms with Gasteiger partial charge in [-0.05, 0) is 62.5 Å². The molecule has 0 spiro atoms. The first-order valence-electron chi connectivity index (χ1n) is 5.27.